The molecule has 0 heterocycles. The summed E-state index contributed by atoms with van der Waals surface area (Å²) in [5, 5.41) is 10.0. The molecule has 0 amide bonds. The van der Waals surface area contributed by atoms with Crippen molar-refractivity contribution in [3.63, 3.8) is 0 Å². The molecule has 1 N–H and O–H groups in total. The number of benzene rings is 2. The lowest BCUT2D eigenvalue weighted by atomic mass is 10.0. The highest BCUT2D eigenvalue weighted by atomic mass is 79.9. The second-order valence-electron chi connectivity index (χ2n) is 4.10. The summed E-state index contributed by atoms with van der Waals surface area (Å²) in [6, 6.07) is 9.23. The molecule has 0 saturated carbocycles. The largest absolute Gasteiger partial charge is 0.388 e. The van der Waals surface area contributed by atoms with Crippen molar-refractivity contribution in [3.8, 4) is 0 Å². The van der Waals surface area contributed by atoms with Crippen LogP contribution in [0.25, 0.3) is 0 Å². The molecule has 2 aromatic carbocycles. The molecule has 0 bridgehead atoms. The molecule has 2 rings (SSSR count). The van der Waals surface area contributed by atoms with Crippen LogP contribution in [0.3, 0.4) is 0 Å². The third-order valence-corrected chi connectivity index (χ3v) is 3.87. The number of hydrogen-bond donors (Lipinski definition) is 1. The number of halogens is 4. The Hall–Kier alpha value is -0.780. The van der Waals surface area contributed by atoms with E-state index in [1.54, 1.807) is 24.3 Å². The van der Waals surface area contributed by atoms with Gasteiger partial charge in [-0.1, -0.05) is 34.1 Å². The predicted molar refractivity (Wildman–Crippen MR) is 76.9 cm³/mol. The second kappa shape index (κ2) is 6.11. The summed E-state index contributed by atoms with van der Waals surface area (Å²) in [5.74, 6) is -0.948. The first kappa shape index (κ1) is 14.6. The van der Waals surface area contributed by atoms with E-state index in [-0.39, 0.29) is 16.5 Å². The summed E-state index contributed by atoms with van der Waals surface area (Å²) in [6.45, 7) is 0. The molecular formula is C14H10Br2F2O. The highest BCUT2D eigenvalue weighted by Crippen LogP contribution is 2.27. The van der Waals surface area contributed by atoms with E-state index in [0.29, 0.717) is 10.0 Å². The summed E-state index contributed by atoms with van der Waals surface area (Å²) < 4.78 is 28.4. The van der Waals surface area contributed by atoms with E-state index in [1.165, 1.54) is 12.1 Å². The molecule has 0 fully saturated rings. The monoisotopic (exact) mass is 390 g/mol. The molecule has 2 aromatic rings. The predicted octanol–water partition coefficient (Wildman–Crippen LogP) is 4.77. The molecule has 19 heavy (non-hydrogen) atoms. The van der Waals surface area contributed by atoms with Gasteiger partial charge in [0, 0.05) is 16.5 Å². The fourth-order valence-electron chi connectivity index (χ4n) is 1.78. The van der Waals surface area contributed by atoms with E-state index < -0.39 is 17.7 Å². The zero-order valence-electron chi connectivity index (χ0n) is 9.71. The topological polar surface area (TPSA) is 20.2 Å². The lowest BCUT2D eigenvalue weighted by Crippen LogP contribution is -2.06. The van der Waals surface area contributed by atoms with E-state index in [4.69, 9.17) is 0 Å². The third kappa shape index (κ3) is 3.41. The van der Waals surface area contributed by atoms with Crippen LogP contribution in [0, 0.1) is 11.6 Å². The van der Waals surface area contributed by atoms with Gasteiger partial charge in [0.25, 0.3) is 0 Å². The minimum atomic E-state index is -1.09. The van der Waals surface area contributed by atoms with Crippen molar-refractivity contribution in [2.24, 2.45) is 0 Å². The van der Waals surface area contributed by atoms with Crippen molar-refractivity contribution in [3.05, 3.63) is 68.1 Å². The minimum absolute atomic E-state index is 0.0203. The van der Waals surface area contributed by atoms with E-state index in [9.17, 15) is 13.9 Å². The molecule has 1 atom stereocenters. The molecular weight excluding hydrogens is 382 g/mol. The van der Waals surface area contributed by atoms with Crippen LogP contribution in [0.5, 0.6) is 0 Å². The standard InChI is InChI=1S/C14H10Br2F2O/c15-9-5-4-8(12(17)7-9)6-13(19)10-2-1-3-11(16)14(10)18/h1-5,7,13,19H,6H2. The number of aliphatic hydroxyl groups is 1. The van der Waals surface area contributed by atoms with Gasteiger partial charge in [0.05, 0.1) is 10.6 Å². The number of hydrogen-bond acceptors (Lipinski definition) is 1. The van der Waals surface area contributed by atoms with Gasteiger partial charge in [0.1, 0.15) is 11.6 Å². The van der Waals surface area contributed by atoms with Crippen LogP contribution in [0.2, 0.25) is 0 Å². The van der Waals surface area contributed by atoms with E-state index in [0.717, 1.165) is 0 Å². The number of aliphatic hydroxyl groups excluding tert-OH is 1. The molecule has 5 heteroatoms. The molecule has 0 aliphatic carbocycles. The van der Waals surface area contributed by atoms with E-state index >= 15 is 0 Å². The third-order valence-electron chi connectivity index (χ3n) is 2.77. The first-order chi connectivity index (χ1) is 8.99. The van der Waals surface area contributed by atoms with Crippen molar-refractivity contribution in [2.45, 2.75) is 12.5 Å². The molecule has 0 aromatic heterocycles. The molecule has 0 spiro atoms. The highest BCUT2D eigenvalue weighted by Gasteiger charge is 2.17. The van der Waals surface area contributed by atoms with Gasteiger partial charge in [0.2, 0.25) is 0 Å². The highest BCUT2D eigenvalue weighted by molar-refractivity contribution is 9.10. The van der Waals surface area contributed by atoms with Gasteiger partial charge in [-0.2, -0.15) is 0 Å². The molecule has 1 nitrogen and oxygen atoms in total. The summed E-state index contributed by atoms with van der Waals surface area (Å²) >= 11 is 6.22. The van der Waals surface area contributed by atoms with Crippen LogP contribution in [0.4, 0.5) is 8.78 Å². The van der Waals surface area contributed by atoms with Gasteiger partial charge in [-0.15, -0.1) is 0 Å². The van der Waals surface area contributed by atoms with Gasteiger partial charge >= 0.3 is 0 Å². The van der Waals surface area contributed by atoms with Crippen LogP contribution in [0.15, 0.2) is 45.3 Å². The van der Waals surface area contributed by atoms with Gasteiger partial charge in [-0.05, 0) is 39.7 Å². The first-order valence-electron chi connectivity index (χ1n) is 5.55. The zero-order valence-corrected chi connectivity index (χ0v) is 12.9. The minimum Gasteiger partial charge on any atom is -0.388 e. The van der Waals surface area contributed by atoms with Crippen molar-refractivity contribution < 1.29 is 13.9 Å². The molecule has 100 valence electrons. The second-order valence-corrected chi connectivity index (χ2v) is 5.87. The smallest absolute Gasteiger partial charge is 0.143 e. The van der Waals surface area contributed by atoms with Crippen molar-refractivity contribution in [1.29, 1.82) is 0 Å². The van der Waals surface area contributed by atoms with E-state index in [1.807, 2.05) is 0 Å². The van der Waals surface area contributed by atoms with Crippen molar-refractivity contribution in [2.75, 3.05) is 0 Å². The van der Waals surface area contributed by atoms with Crippen LogP contribution in [-0.2, 0) is 6.42 Å². The Bertz CT molecular complexity index is 602. The van der Waals surface area contributed by atoms with Crippen LogP contribution in [-0.4, -0.2) is 5.11 Å². The van der Waals surface area contributed by atoms with Crippen LogP contribution < -0.4 is 0 Å². The maximum Gasteiger partial charge on any atom is 0.143 e. The normalized spacial score (nSPS) is 12.5. The Morgan fingerprint density at radius 2 is 1.84 bits per heavy atom. The lowest BCUT2D eigenvalue weighted by molar-refractivity contribution is 0.172. The zero-order chi connectivity index (χ0) is 14.0. The summed E-state index contributed by atoms with van der Waals surface area (Å²) in [5.41, 5.74) is 0.492. The van der Waals surface area contributed by atoms with Crippen molar-refractivity contribution >= 4 is 31.9 Å². The van der Waals surface area contributed by atoms with Gasteiger partial charge in [-0.25, -0.2) is 8.78 Å². The van der Waals surface area contributed by atoms with Gasteiger partial charge in [0.15, 0.2) is 0 Å². The van der Waals surface area contributed by atoms with Gasteiger partial charge < -0.3 is 5.11 Å². The quantitative estimate of drug-likeness (QED) is 0.799. The maximum atomic E-state index is 13.8. The maximum absolute atomic E-state index is 13.8. The number of rotatable bonds is 3. The first-order valence-corrected chi connectivity index (χ1v) is 7.13. The fourth-order valence-corrected chi connectivity index (χ4v) is 2.50. The average Bonchev–Trinajstić information content (AvgIpc) is 2.36. The molecule has 0 aliphatic heterocycles. The molecule has 0 aliphatic rings. The Morgan fingerprint density at radius 3 is 2.53 bits per heavy atom. The van der Waals surface area contributed by atoms with Crippen LogP contribution in [0.1, 0.15) is 17.2 Å². The Kier molecular flexibility index (Phi) is 4.71. The Labute approximate surface area is 126 Å². The van der Waals surface area contributed by atoms with E-state index in [2.05, 4.69) is 31.9 Å². The van der Waals surface area contributed by atoms with Crippen molar-refractivity contribution in [1.82, 2.24) is 0 Å². The summed E-state index contributed by atoms with van der Waals surface area (Å²) in [4.78, 5) is 0. The van der Waals surface area contributed by atoms with Gasteiger partial charge in [-0.3, -0.25) is 0 Å². The average molecular weight is 392 g/mol. The summed E-state index contributed by atoms with van der Waals surface area (Å²) in [7, 11) is 0. The SMILES string of the molecule is OC(Cc1ccc(Br)cc1F)c1cccc(Br)c1F. The molecule has 0 saturated heterocycles. The molecule has 1 unspecified atom stereocenters. The van der Waals surface area contributed by atoms with Crippen LogP contribution >= 0.6 is 31.9 Å². The Morgan fingerprint density at radius 1 is 1.11 bits per heavy atom. The lowest BCUT2D eigenvalue weighted by Gasteiger charge is -2.13. The fraction of sp³-hybridized carbons (Fsp3) is 0.143. The summed E-state index contributed by atoms with van der Waals surface area (Å²) in [6.07, 6.45) is -1.07. The Balaban J connectivity index is 2.25. The molecule has 0 radical (unpaired) electrons.